The first-order valence-corrected chi connectivity index (χ1v) is 8.51. The molecular weight excluding hydrogens is 361 g/mol. The molecule has 0 unspecified atom stereocenters. The van der Waals surface area contributed by atoms with E-state index in [0.29, 0.717) is 17.0 Å². The van der Waals surface area contributed by atoms with Gasteiger partial charge in [-0.1, -0.05) is 36.4 Å². The average Bonchev–Trinajstić information content (AvgIpc) is 2.73. The van der Waals surface area contributed by atoms with Gasteiger partial charge in [0.25, 0.3) is 11.8 Å². The molecule has 0 atom stereocenters. The predicted molar refractivity (Wildman–Crippen MR) is 103 cm³/mol. The largest absolute Gasteiger partial charge is 0.495 e. The fourth-order valence-electron chi connectivity index (χ4n) is 2.53. The van der Waals surface area contributed by atoms with E-state index in [0.717, 1.165) is 0 Å². The van der Waals surface area contributed by atoms with Gasteiger partial charge in [-0.25, -0.2) is 9.37 Å². The van der Waals surface area contributed by atoms with E-state index in [4.69, 9.17) is 4.74 Å². The Balaban J connectivity index is 1.70. The van der Waals surface area contributed by atoms with Crippen LogP contribution in [0.4, 0.5) is 10.1 Å². The molecule has 0 spiro atoms. The van der Waals surface area contributed by atoms with E-state index >= 15 is 0 Å². The van der Waals surface area contributed by atoms with Gasteiger partial charge in [0, 0.05) is 12.1 Å². The fraction of sp³-hybridized carbons (Fsp3) is 0.0952. The van der Waals surface area contributed by atoms with Crippen LogP contribution in [0.25, 0.3) is 0 Å². The molecule has 0 bridgehead atoms. The van der Waals surface area contributed by atoms with Crippen LogP contribution in [-0.4, -0.2) is 23.9 Å². The number of benzene rings is 2. The van der Waals surface area contributed by atoms with Gasteiger partial charge in [-0.15, -0.1) is 0 Å². The summed E-state index contributed by atoms with van der Waals surface area (Å²) in [7, 11) is 1.50. The van der Waals surface area contributed by atoms with Gasteiger partial charge in [0.1, 0.15) is 23.0 Å². The van der Waals surface area contributed by atoms with Crippen LogP contribution < -0.4 is 15.4 Å². The highest BCUT2D eigenvalue weighted by Gasteiger charge is 2.14. The number of ether oxygens (including phenoxy) is 1. The number of halogens is 1. The molecule has 0 saturated carbocycles. The van der Waals surface area contributed by atoms with Crippen molar-refractivity contribution in [2.45, 2.75) is 6.54 Å². The van der Waals surface area contributed by atoms with Crippen LogP contribution in [-0.2, 0) is 6.54 Å². The molecule has 6 nitrogen and oxygen atoms in total. The van der Waals surface area contributed by atoms with Gasteiger partial charge in [-0.3, -0.25) is 9.59 Å². The fourth-order valence-corrected chi connectivity index (χ4v) is 2.53. The number of amides is 2. The van der Waals surface area contributed by atoms with Crippen LogP contribution in [0, 0.1) is 5.82 Å². The van der Waals surface area contributed by atoms with Gasteiger partial charge < -0.3 is 15.4 Å². The zero-order valence-corrected chi connectivity index (χ0v) is 15.1. The van der Waals surface area contributed by atoms with Crippen molar-refractivity contribution in [1.29, 1.82) is 0 Å². The van der Waals surface area contributed by atoms with E-state index in [1.165, 1.54) is 25.3 Å². The molecule has 2 amide bonds. The van der Waals surface area contributed by atoms with Crippen molar-refractivity contribution in [3.8, 4) is 5.75 Å². The molecule has 0 aliphatic carbocycles. The maximum atomic E-state index is 13.7. The molecule has 0 radical (unpaired) electrons. The number of hydrogen-bond acceptors (Lipinski definition) is 4. The molecule has 1 aromatic heterocycles. The van der Waals surface area contributed by atoms with Crippen molar-refractivity contribution >= 4 is 17.5 Å². The number of hydrogen-bond donors (Lipinski definition) is 2. The number of methoxy groups -OCH3 is 1. The summed E-state index contributed by atoms with van der Waals surface area (Å²) in [5.41, 5.74) is 0.987. The number of anilines is 1. The molecule has 0 aliphatic heterocycles. The third-order valence-corrected chi connectivity index (χ3v) is 3.97. The molecule has 0 saturated heterocycles. The molecule has 7 heteroatoms. The maximum Gasteiger partial charge on any atom is 0.274 e. The number of nitrogens with one attached hydrogen (secondary N) is 2. The Bertz CT molecular complexity index is 1010. The van der Waals surface area contributed by atoms with Crippen molar-refractivity contribution in [2.75, 3.05) is 12.4 Å². The Morgan fingerprint density at radius 1 is 0.929 bits per heavy atom. The minimum atomic E-state index is -0.504. The normalized spacial score (nSPS) is 10.2. The molecule has 0 aliphatic rings. The lowest BCUT2D eigenvalue weighted by Crippen LogP contribution is -2.25. The van der Waals surface area contributed by atoms with Crippen LogP contribution >= 0.6 is 0 Å². The zero-order chi connectivity index (χ0) is 19.9. The number of rotatable bonds is 6. The first-order chi connectivity index (χ1) is 13.6. The summed E-state index contributed by atoms with van der Waals surface area (Å²) in [4.78, 5) is 28.9. The van der Waals surface area contributed by atoms with Crippen LogP contribution in [0.15, 0.2) is 66.7 Å². The van der Waals surface area contributed by atoms with Crippen molar-refractivity contribution in [3.63, 3.8) is 0 Å². The van der Waals surface area contributed by atoms with E-state index < -0.39 is 17.6 Å². The van der Waals surface area contributed by atoms with Gasteiger partial charge in [0.15, 0.2) is 0 Å². The van der Waals surface area contributed by atoms with E-state index in [9.17, 15) is 14.0 Å². The lowest BCUT2D eigenvalue weighted by Gasteiger charge is -2.10. The minimum Gasteiger partial charge on any atom is -0.495 e. The highest BCUT2D eigenvalue weighted by molar-refractivity contribution is 6.04. The molecule has 3 rings (SSSR count). The highest BCUT2D eigenvalue weighted by Crippen LogP contribution is 2.23. The van der Waals surface area contributed by atoms with Gasteiger partial charge in [0.05, 0.1) is 12.8 Å². The average molecular weight is 379 g/mol. The summed E-state index contributed by atoms with van der Waals surface area (Å²) in [5, 5.41) is 5.30. The second-order valence-electron chi connectivity index (χ2n) is 5.84. The first kappa shape index (κ1) is 19.0. The summed E-state index contributed by atoms with van der Waals surface area (Å²) < 4.78 is 18.8. The molecule has 2 aromatic carbocycles. The topological polar surface area (TPSA) is 80.3 Å². The third kappa shape index (κ3) is 4.50. The second-order valence-corrected chi connectivity index (χ2v) is 5.84. The number of pyridine rings is 1. The molecule has 0 fully saturated rings. The van der Waals surface area contributed by atoms with Crippen LogP contribution in [0.3, 0.4) is 0 Å². The SMILES string of the molecule is COc1ccccc1NC(=O)c1cccc(C(=O)NCc2ccccc2F)n1. The van der Waals surface area contributed by atoms with Crippen LogP contribution in [0.2, 0.25) is 0 Å². The van der Waals surface area contributed by atoms with E-state index in [-0.39, 0.29) is 17.9 Å². The molecular formula is C21H18FN3O3. The van der Waals surface area contributed by atoms with Crippen molar-refractivity contribution in [2.24, 2.45) is 0 Å². The van der Waals surface area contributed by atoms with E-state index in [1.54, 1.807) is 48.5 Å². The van der Waals surface area contributed by atoms with Gasteiger partial charge in [-0.2, -0.15) is 0 Å². The quantitative estimate of drug-likeness (QED) is 0.688. The molecule has 2 N–H and O–H groups in total. The van der Waals surface area contributed by atoms with Crippen molar-refractivity contribution < 1.29 is 18.7 Å². The summed E-state index contributed by atoms with van der Waals surface area (Å²) in [6.07, 6.45) is 0. The molecule has 1 heterocycles. The Morgan fingerprint density at radius 3 is 2.36 bits per heavy atom. The maximum absolute atomic E-state index is 13.7. The summed E-state index contributed by atoms with van der Waals surface area (Å²) in [5.74, 6) is -0.876. The summed E-state index contributed by atoms with van der Waals surface area (Å²) >= 11 is 0. The van der Waals surface area contributed by atoms with Crippen LogP contribution in [0.5, 0.6) is 5.75 Å². The minimum absolute atomic E-state index is 0.0187. The Hall–Kier alpha value is -3.74. The lowest BCUT2D eigenvalue weighted by molar-refractivity contribution is 0.0945. The van der Waals surface area contributed by atoms with E-state index in [2.05, 4.69) is 15.6 Å². The predicted octanol–water partition coefficient (Wildman–Crippen LogP) is 3.41. The number of aromatic nitrogens is 1. The van der Waals surface area contributed by atoms with Gasteiger partial charge >= 0.3 is 0 Å². The molecule has 3 aromatic rings. The lowest BCUT2D eigenvalue weighted by atomic mass is 10.2. The molecule has 142 valence electrons. The molecule has 28 heavy (non-hydrogen) atoms. The van der Waals surface area contributed by atoms with E-state index in [1.807, 2.05) is 0 Å². The first-order valence-electron chi connectivity index (χ1n) is 8.51. The highest BCUT2D eigenvalue weighted by atomic mass is 19.1. The number of para-hydroxylation sites is 2. The monoisotopic (exact) mass is 379 g/mol. The number of carbonyl (C=O) groups excluding carboxylic acids is 2. The van der Waals surface area contributed by atoms with Crippen molar-refractivity contribution in [1.82, 2.24) is 10.3 Å². The number of carbonyl (C=O) groups is 2. The second kappa shape index (κ2) is 8.77. The third-order valence-electron chi connectivity index (χ3n) is 3.97. The standard InChI is InChI=1S/C21H18FN3O3/c1-28-19-12-5-4-9-16(19)25-21(27)18-11-6-10-17(24-18)20(26)23-13-14-7-2-3-8-15(14)22/h2-12H,13H2,1H3,(H,23,26)(H,25,27). The van der Waals surface area contributed by atoms with Gasteiger partial charge in [0.2, 0.25) is 0 Å². The Labute approximate surface area is 161 Å². The van der Waals surface area contributed by atoms with Gasteiger partial charge in [-0.05, 0) is 30.3 Å². The summed E-state index contributed by atoms with van der Waals surface area (Å²) in [6.45, 7) is 0.0187. The Kier molecular flexibility index (Phi) is 5.96. The smallest absolute Gasteiger partial charge is 0.274 e. The number of nitrogens with zero attached hydrogens (tertiary/aromatic N) is 1. The van der Waals surface area contributed by atoms with Crippen molar-refractivity contribution in [3.05, 3.63) is 89.5 Å². The zero-order valence-electron chi connectivity index (χ0n) is 15.1. The van der Waals surface area contributed by atoms with Crippen LogP contribution in [0.1, 0.15) is 26.5 Å². The Morgan fingerprint density at radius 2 is 1.61 bits per heavy atom. The summed E-state index contributed by atoms with van der Waals surface area (Å²) in [6, 6.07) is 17.7.